The smallest absolute Gasteiger partial charge is 0.287 e. The van der Waals surface area contributed by atoms with E-state index in [1.807, 2.05) is 13.8 Å². The third-order valence-corrected chi connectivity index (χ3v) is 4.75. The Morgan fingerprint density at radius 2 is 1.96 bits per heavy atom. The molecule has 4 rings (SSSR count). The molecule has 2 aromatic heterocycles. The Bertz CT molecular complexity index is 1180. The van der Waals surface area contributed by atoms with Crippen molar-refractivity contribution in [1.82, 2.24) is 20.3 Å². The quantitative estimate of drug-likeness (QED) is 0.511. The number of imidazole rings is 1. The number of aromatic nitrogens is 3. The number of carbonyl (C=O) groups is 1. The van der Waals surface area contributed by atoms with Gasteiger partial charge in [0.05, 0.1) is 16.6 Å². The number of benzene rings is 2. The molecule has 0 radical (unpaired) electrons. The topological polar surface area (TPSA) is 73.6 Å². The summed E-state index contributed by atoms with van der Waals surface area (Å²) < 4.78 is 27.3. The van der Waals surface area contributed by atoms with Crippen LogP contribution >= 0.6 is 0 Å². The second-order valence-corrected chi connectivity index (χ2v) is 6.60. The Labute approximate surface area is 153 Å². The predicted molar refractivity (Wildman–Crippen MR) is 99.8 cm³/mol. The molecule has 0 unspecified atom stereocenters. The molecule has 27 heavy (non-hydrogen) atoms. The lowest BCUT2D eigenvalue weighted by molar-refractivity contribution is 0.0945. The molecule has 7 heteroatoms. The number of aryl methyl sites for hydroxylation is 2. The van der Waals surface area contributed by atoms with Gasteiger partial charge in [-0.1, -0.05) is 6.07 Å². The summed E-state index contributed by atoms with van der Waals surface area (Å²) in [7, 11) is 0. The highest BCUT2D eigenvalue weighted by Gasteiger charge is 2.15. The standard InChI is InChI=1S/C20H18F2N4O/c1-10-3-5-14(22)18-17(10)13(11(2)24-18)7-8-23-20(27)19-25-15-6-4-12(21)9-16(15)26-19/h3-6,9,24H,7-8H2,1-2H3,(H,23,27)(H,25,26). The molecule has 0 saturated heterocycles. The monoisotopic (exact) mass is 368 g/mol. The van der Waals surface area contributed by atoms with Crippen LogP contribution in [0.15, 0.2) is 30.3 Å². The lowest BCUT2D eigenvalue weighted by Gasteiger charge is -2.06. The first-order chi connectivity index (χ1) is 12.9. The molecule has 0 aliphatic heterocycles. The first kappa shape index (κ1) is 17.2. The van der Waals surface area contributed by atoms with Crippen molar-refractivity contribution in [2.24, 2.45) is 0 Å². The molecule has 138 valence electrons. The summed E-state index contributed by atoms with van der Waals surface area (Å²) in [6, 6.07) is 7.31. The molecule has 0 atom stereocenters. The van der Waals surface area contributed by atoms with Crippen molar-refractivity contribution < 1.29 is 13.6 Å². The molecule has 3 N–H and O–H groups in total. The van der Waals surface area contributed by atoms with Crippen molar-refractivity contribution in [1.29, 1.82) is 0 Å². The molecule has 0 saturated carbocycles. The average molecular weight is 368 g/mol. The number of rotatable bonds is 4. The normalized spacial score (nSPS) is 11.4. The fraction of sp³-hybridized carbons (Fsp3) is 0.200. The molecule has 5 nitrogen and oxygen atoms in total. The van der Waals surface area contributed by atoms with E-state index in [9.17, 15) is 13.6 Å². The molecular weight excluding hydrogens is 350 g/mol. The second-order valence-electron chi connectivity index (χ2n) is 6.60. The maximum atomic E-state index is 14.0. The summed E-state index contributed by atoms with van der Waals surface area (Å²) >= 11 is 0. The van der Waals surface area contributed by atoms with Gasteiger partial charge in [0.2, 0.25) is 0 Å². The Kier molecular flexibility index (Phi) is 4.14. The number of halogens is 2. The van der Waals surface area contributed by atoms with Gasteiger partial charge in [0.15, 0.2) is 5.82 Å². The summed E-state index contributed by atoms with van der Waals surface area (Å²) in [5, 5.41) is 3.67. The van der Waals surface area contributed by atoms with Gasteiger partial charge in [-0.25, -0.2) is 13.8 Å². The van der Waals surface area contributed by atoms with E-state index < -0.39 is 5.82 Å². The minimum absolute atomic E-state index is 0.133. The molecule has 2 heterocycles. The lowest BCUT2D eigenvalue weighted by Crippen LogP contribution is -2.26. The third kappa shape index (κ3) is 3.05. The van der Waals surface area contributed by atoms with E-state index in [4.69, 9.17) is 0 Å². The molecule has 0 bridgehead atoms. The second kappa shape index (κ2) is 6.50. The molecule has 0 fully saturated rings. The minimum atomic E-state index is -0.393. The maximum absolute atomic E-state index is 14.0. The first-order valence-corrected chi connectivity index (χ1v) is 8.64. The van der Waals surface area contributed by atoms with Crippen LogP contribution in [0, 0.1) is 25.5 Å². The molecule has 2 aromatic carbocycles. The van der Waals surface area contributed by atoms with E-state index >= 15 is 0 Å². The fourth-order valence-electron chi connectivity index (χ4n) is 3.43. The average Bonchev–Trinajstić information content (AvgIpc) is 3.20. The zero-order valence-corrected chi connectivity index (χ0v) is 14.9. The van der Waals surface area contributed by atoms with Crippen LogP contribution < -0.4 is 5.32 Å². The van der Waals surface area contributed by atoms with Crippen molar-refractivity contribution >= 4 is 27.8 Å². The van der Waals surface area contributed by atoms with Crippen LogP contribution in [0.5, 0.6) is 0 Å². The number of amides is 1. The number of aromatic amines is 2. The highest BCUT2D eigenvalue weighted by Crippen LogP contribution is 2.27. The van der Waals surface area contributed by atoms with Crippen LogP contribution in [0.2, 0.25) is 0 Å². The zero-order valence-electron chi connectivity index (χ0n) is 14.9. The van der Waals surface area contributed by atoms with Gasteiger partial charge in [-0.15, -0.1) is 0 Å². The predicted octanol–water partition coefficient (Wildman–Crippen LogP) is 3.91. The number of carbonyl (C=O) groups excluding carboxylic acids is 1. The summed E-state index contributed by atoms with van der Waals surface area (Å²) in [6.07, 6.45) is 0.552. The van der Waals surface area contributed by atoms with E-state index in [0.717, 1.165) is 22.2 Å². The van der Waals surface area contributed by atoms with Crippen LogP contribution in [0.25, 0.3) is 21.9 Å². The highest BCUT2D eigenvalue weighted by atomic mass is 19.1. The van der Waals surface area contributed by atoms with Gasteiger partial charge in [-0.05, 0) is 55.7 Å². The largest absolute Gasteiger partial charge is 0.356 e. The van der Waals surface area contributed by atoms with Crippen LogP contribution in [-0.2, 0) is 6.42 Å². The van der Waals surface area contributed by atoms with E-state index in [1.54, 1.807) is 6.07 Å². The first-order valence-electron chi connectivity index (χ1n) is 8.64. The zero-order chi connectivity index (χ0) is 19.1. The van der Waals surface area contributed by atoms with E-state index in [0.29, 0.717) is 29.5 Å². The Morgan fingerprint density at radius 3 is 2.78 bits per heavy atom. The van der Waals surface area contributed by atoms with Crippen molar-refractivity contribution in [3.63, 3.8) is 0 Å². The molecule has 1 amide bonds. The van der Waals surface area contributed by atoms with E-state index in [2.05, 4.69) is 20.3 Å². The summed E-state index contributed by atoms with van der Waals surface area (Å²) in [5.41, 5.74) is 4.34. The van der Waals surface area contributed by atoms with Crippen molar-refractivity contribution in [3.05, 3.63) is 64.6 Å². The van der Waals surface area contributed by atoms with Crippen LogP contribution in [0.1, 0.15) is 27.4 Å². The molecular formula is C20H18F2N4O. The number of hydrogen-bond donors (Lipinski definition) is 3. The summed E-state index contributed by atoms with van der Waals surface area (Å²) in [4.78, 5) is 22.4. The molecule has 4 aromatic rings. The SMILES string of the molecule is Cc1[nH]c2c(F)ccc(C)c2c1CCNC(=O)c1nc2ccc(F)cc2[nH]1. The molecule has 0 aliphatic rings. The van der Waals surface area contributed by atoms with Crippen molar-refractivity contribution in [2.75, 3.05) is 6.54 Å². The number of nitrogens with zero attached hydrogens (tertiary/aromatic N) is 1. The van der Waals surface area contributed by atoms with Gasteiger partial charge in [-0.2, -0.15) is 0 Å². The Hall–Kier alpha value is -3.22. The van der Waals surface area contributed by atoms with Crippen LogP contribution in [0.4, 0.5) is 8.78 Å². The van der Waals surface area contributed by atoms with E-state index in [1.165, 1.54) is 24.3 Å². The van der Waals surface area contributed by atoms with Gasteiger partial charge in [0, 0.05) is 17.6 Å². The van der Waals surface area contributed by atoms with Gasteiger partial charge in [0.1, 0.15) is 11.6 Å². The molecule has 0 aliphatic carbocycles. The summed E-state index contributed by atoms with van der Waals surface area (Å²) in [6.45, 7) is 4.20. The number of H-pyrrole nitrogens is 2. The Balaban J connectivity index is 1.51. The van der Waals surface area contributed by atoms with Gasteiger partial charge in [0.25, 0.3) is 5.91 Å². The van der Waals surface area contributed by atoms with Gasteiger partial charge >= 0.3 is 0 Å². The van der Waals surface area contributed by atoms with Gasteiger partial charge < -0.3 is 15.3 Å². The number of hydrogen-bond acceptors (Lipinski definition) is 2. The van der Waals surface area contributed by atoms with Crippen molar-refractivity contribution in [3.8, 4) is 0 Å². The Morgan fingerprint density at radius 1 is 1.15 bits per heavy atom. The van der Waals surface area contributed by atoms with Crippen LogP contribution in [-0.4, -0.2) is 27.4 Å². The van der Waals surface area contributed by atoms with Crippen molar-refractivity contribution in [2.45, 2.75) is 20.3 Å². The van der Waals surface area contributed by atoms with E-state index in [-0.39, 0.29) is 17.5 Å². The third-order valence-electron chi connectivity index (χ3n) is 4.75. The van der Waals surface area contributed by atoms with Crippen LogP contribution in [0.3, 0.4) is 0 Å². The number of nitrogens with one attached hydrogen (secondary N) is 3. The lowest BCUT2D eigenvalue weighted by atomic mass is 10.0. The van der Waals surface area contributed by atoms with Gasteiger partial charge in [-0.3, -0.25) is 4.79 Å². The maximum Gasteiger partial charge on any atom is 0.287 e. The highest BCUT2D eigenvalue weighted by molar-refractivity contribution is 5.94. The fourth-order valence-corrected chi connectivity index (χ4v) is 3.43. The summed E-state index contributed by atoms with van der Waals surface area (Å²) in [5.74, 6) is -0.917. The number of fused-ring (bicyclic) bond motifs is 2. The minimum Gasteiger partial charge on any atom is -0.356 e. The molecule has 0 spiro atoms.